The highest BCUT2D eigenvalue weighted by Gasteiger charge is 2.24. The minimum Gasteiger partial charge on any atom is -0.343 e. The van der Waals surface area contributed by atoms with Crippen LogP contribution in [0, 0.1) is 11.8 Å². The van der Waals surface area contributed by atoms with Crippen molar-refractivity contribution in [3.05, 3.63) is 48.0 Å². The van der Waals surface area contributed by atoms with Crippen molar-refractivity contribution < 1.29 is 4.79 Å². The fourth-order valence-electron chi connectivity index (χ4n) is 3.71. The van der Waals surface area contributed by atoms with E-state index in [1.165, 1.54) is 37.7 Å². The SMILES string of the molecule is O=C(CC1C=CCC1)N1CCC(CCc2ccccc2)CC1. The van der Waals surface area contributed by atoms with Crippen LogP contribution in [-0.4, -0.2) is 23.9 Å². The lowest BCUT2D eigenvalue weighted by atomic mass is 9.90. The van der Waals surface area contributed by atoms with Gasteiger partial charge in [0.1, 0.15) is 0 Å². The van der Waals surface area contributed by atoms with Gasteiger partial charge in [0, 0.05) is 19.5 Å². The van der Waals surface area contributed by atoms with Gasteiger partial charge in [0.2, 0.25) is 5.91 Å². The summed E-state index contributed by atoms with van der Waals surface area (Å²) in [6.07, 6.45) is 12.3. The number of allylic oxidation sites excluding steroid dienone is 2. The highest BCUT2D eigenvalue weighted by Crippen LogP contribution is 2.25. The van der Waals surface area contributed by atoms with Crippen LogP contribution in [0.25, 0.3) is 0 Å². The van der Waals surface area contributed by atoms with Crippen LogP contribution in [0.1, 0.15) is 44.1 Å². The van der Waals surface area contributed by atoms with E-state index < -0.39 is 0 Å². The van der Waals surface area contributed by atoms with Crippen LogP contribution in [0.2, 0.25) is 0 Å². The quantitative estimate of drug-likeness (QED) is 0.745. The van der Waals surface area contributed by atoms with E-state index in [0.717, 1.165) is 31.8 Å². The maximum Gasteiger partial charge on any atom is 0.223 e. The van der Waals surface area contributed by atoms with E-state index in [-0.39, 0.29) is 0 Å². The van der Waals surface area contributed by atoms with Gasteiger partial charge in [0.15, 0.2) is 0 Å². The second-order valence-electron chi connectivity index (χ2n) is 6.82. The molecule has 1 amide bonds. The van der Waals surface area contributed by atoms with Crippen molar-refractivity contribution in [2.45, 2.75) is 44.9 Å². The summed E-state index contributed by atoms with van der Waals surface area (Å²) in [5, 5.41) is 0. The first-order chi connectivity index (χ1) is 10.8. The first-order valence-electron chi connectivity index (χ1n) is 8.79. The molecule has 1 atom stereocenters. The Bertz CT molecular complexity index is 500. The molecule has 1 aromatic rings. The van der Waals surface area contributed by atoms with Crippen LogP contribution in [0.5, 0.6) is 0 Å². The number of aryl methyl sites for hydroxylation is 1. The van der Waals surface area contributed by atoms with E-state index in [0.29, 0.717) is 11.8 Å². The summed E-state index contributed by atoms with van der Waals surface area (Å²) in [5.41, 5.74) is 1.44. The van der Waals surface area contributed by atoms with Crippen LogP contribution in [0.4, 0.5) is 0 Å². The van der Waals surface area contributed by atoms with Crippen molar-refractivity contribution in [1.29, 1.82) is 0 Å². The summed E-state index contributed by atoms with van der Waals surface area (Å²) in [7, 11) is 0. The van der Waals surface area contributed by atoms with Gasteiger partial charge in [-0.25, -0.2) is 0 Å². The second kappa shape index (κ2) is 7.62. The lowest BCUT2D eigenvalue weighted by molar-refractivity contribution is -0.133. The Morgan fingerprint density at radius 2 is 1.86 bits per heavy atom. The molecule has 0 N–H and O–H groups in total. The molecule has 1 saturated heterocycles. The van der Waals surface area contributed by atoms with Gasteiger partial charge in [-0.2, -0.15) is 0 Å². The molecule has 1 aliphatic heterocycles. The minimum atomic E-state index is 0.373. The van der Waals surface area contributed by atoms with Crippen molar-refractivity contribution in [3.8, 4) is 0 Å². The average Bonchev–Trinajstić information content (AvgIpc) is 3.07. The van der Waals surface area contributed by atoms with Crippen molar-refractivity contribution >= 4 is 5.91 Å². The maximum absolute atomic E-state index is 12.3. The number of benzene rings is 1. The van der Waals surface area contributed by atoms with E-state index in [2.05, 4.69) is 47.4 Å². The number of nitrogens with zero attached hydrogens (tertiary/aromatic N) is 1. The highest BCUT2D eigenvalue weighted by atomic mass is 16.2. The molecule has 0 aromatic heterocycles. The molecule has 0 saturated carbocycles. The Kier molecular flexibility index (Phi) is 5.31. The lowest BCUT2D eigenvalue weighted by Gasteiger charge is -2.32. The largest absolute Gasteiger partial charge is 0.343 e. The molecule has 22 heavy (non-hydrogen) atoms. The van der Waals surface area contributed by atoms with Gasteiger partial charge in [-0.15, -0.1) is 0 Å². The van der Waals surface area contributed by atoms with Crippen LogP contribution in [-0.2, 0) is 11.2 Å². The molecule has 1 unspecified atom stereocenters. The van der Waals surface area contributed by atoms with Gasteiger partial charge >= 0.3 is 0 Å². The van der Waals surface area contributed by atoms with E-state index in [4.69, 9.17) is 0 Å². The Labute approximate surface area is 134 Å². The fourth-order valence-corrected chi connectivity index (χ4v) is 3.71. The Morgan fingerprint density at radius 3 is 2.55 bits per heavy atom. The van der Waals surface area contributed by atoms with Crippen molar-refractivity contribution in [1.82, 2.24) is 4.90 Å². The van der Waals surface area contributed by atoms with E-state index in [1.807, 2.05) is 0 Å². The zero-order valence-electron chi connectivity index (χ0n) is 13.4. The van der Waals surface area contributed by atoms with Crippen LogP contribution >= 0.6 is 0 Å². The highest BCUT2D eigenvalue weighted by molar-refractivity contribution is 5.76. The van der Waals surface area contributed by atoms with Crippen molar-refractivity contribution in [2.24, 2.45) is 11.8 Å². The van der Waals surface area contributed by atoms with E-state index in [1.54, 1.807) is 0 Å². The summed E-state index contributed by atoms with van der Waals surface area (Å²) >= 11 is 0. The topological polar surface area (TPSA) is 20.3 Å². The number of carbonyl (C=O) groups is 1. The van der Waals surface area contributed by atoms with Gasteiger partial charge < -0.3 is 4.90 Å². The summed E-state index contributed by atoms with van der Waals surface area (Å²) in [6, 6.07) is 10.7. The molecule has 1 aliphatic carbocycles. The third-order valence-corrected chi connectivity index (χ3v) is 5.20. The molecule has 1 heterocycles. The number of hydrogen-bond acceptors (Lipinski definition) is 1. The predicted octanol–water partition coefficient (Wildman–Crippen LogP) is 4.21. The third kappa shape index (κ3) is 4.22. The molecule has 0 radical (unpaired) electrons. The second-order valence-corrected chi connectivity index (χ2v) is 6.82. The molecule has 1 fully saturated rings. The molecular formula is C20H27NO. The van der Waals surface area contributed by atoms with Crippen LogP contribution in [0.15, 0.2) is 42.5 Å². The molecule has 1 aromatic carbocycles. The summed E-state index contributed by atoms with van der Waals surface area (Å²) in [5.74, 6) is 1.66. The van der Waals surface area contributed by atoms with Crippen molar-refractivity contribution in [3.63, 3.8) is 0 Å². The molecule has 2 aliphatic rings. The molecule has 2 nitrogen and oxygen atoms in total. The molecule has 118 valence electrons. The number of piperidine rings is 1. The zero-order chi connectivity index (χ0) is 15.2. The van der Waals surface area contributed by atoms with Gasteiger partial charge in [-0.1, -0.05) is 42.5 Å². The van der Waals surface area contributed by atoms with Crippen LogP contribution in [0.3, 0.4) is 0 Å². The lowest BCUT2D eigenvalue weighted by Crippen LogP contribution is -2.39. The smallest absolute Gasteiger partial charge is 0.223 e. The monoisotopic (exact) mass is 297 g/mol. The van der Waals surface area contributed by atoms with Gasteiger partial charge in [0.05, 0.1) is 0 Å². The van der Waals surface area contributed by atoms with Crippen LogP contribution < -0.4 is 0 Å². The Balaban J connectivity index is 1.38. The minimum absolute atomic E-state index is 0.373. The number of hydrogen-bond donors (Lipinski definition) is 0. The standard InChI is InChI=1S/C20H27NO/c22-20(16-19-8-4-5-9-19)21-14-12-18(13-15-21)11-10-17-6-2-1-3-7-17/h1-4,6-8,18-19H,5,9-16H2. The van der Waals surface area contributed by atoms with E-state index in [9.17, 15) is 4.79 Å². The summed E-state index contributed by atoms with van der Waals surface area (Å²) < 4.78 is 0. The first kappa shape index (κ1) is 15.3. The number of likely N-dealkylation sites (tertiary alicyclic amines) is 1. The molecule has 0 spiro atoms. The van der Waals surface area contributed by atoms with Gasteiger partial charge in [0.25, 0.3) is 0 Å². The zero-order valence-corrected chi connectivity index (χ0v) is 13.4. The number of carbonyl (C=O) groups excluding carboxylic acids is 1. The molecular weight excluding hydrogens is 270 g/mol. The number of rotatable bonds is 5. The molecule has 0 bridgehead atoms. The average molecular weight is 297 g/mol. The van der Waals surface area contributed by atoms with Crippen molar-refractivity contribution in [2.75, 3.05) is 13.1 Å². The number of amides is 1. The molecule has 2 heteroatoms. The summed E-state index contributed by atoms with van der Waals surface area (Å²) in [6.45, 7) is 1.93. The summed E-state index contributed by atoms with van der Waals surface area (Å²) in [4.78, 5) is 14.4. The molecule has 3 rings (SSSR count). The third-order valence-electron chi connectivity index (χ3n) is 5.20. The van der Waals surface area contributed by atoms with Gasteiger partial charge in [-0.3, -0.25) is 4.79 Å². The maximum atomic E-state index is 12.3. The van der Waals surface area contributed by atoms with Gasteiger partial charge in [-0.05, 0) is 55.9 Å². The predicted molar refractivity (Wildman–Crippen MR) is 90.5 cm³/mol. The normalized spacial score (nSPS) is 22.2. The Hall–Kier alpha value is -1.57. The Morgan fingerprint density at radius 1 is 1.09 bits per heavy atom. The fraction of sp³-hybridized carbons (Fsp3) is 0.550. The first-order valence-corrected chi connectivity index (χ1v) is 8.79. The van der Waals surface area contributed by atoms with E-state index >= 15 is 0 Å².